The fourth-order valence-corrected chi connectivity index (χ4v) is 5.36. The number of nitrogens with zero attached hydrogens (tertiary/aromatic N) is 1. The number of anilines is 1. The van der Waals surface area contributed by atoms with E-state index in [0.29, 0.717) is 6.71 Å². The molecule has 0 bridgehead atoms. The van der Waals surface area contributed by atoms with E-state index in [9.17, 15) is 0 Å². The van der Waals surface area contributed by atoms with Gasteiger partial charge in [-0.05, 0) is 45.6 Å². The molecule has 0 N–H and O–H groups in total. The first-order chi connectivity index (χ1) is 12.4. The Morgan fingerprint density at radius 3 is 2.76 bits per heavy atom. The molecular formula is C22H14BNS. The number of thiophene rings is 1. The van der Waals surface area contributed by atoms with E-state index in [1.807, 2.05) is 11.3 Å². The quantitative estimate of drug-likeness (QED) is 0.629. The lowest BCUT2D eigenvalue weighted by atomic mass is 9.38. The summed E-state index contributed by atoms with van der Waals surface area (Å²) in [7, 11) is 0. The lowest BCUT2D eigenvalue weighted by Crippen LogP contribution is -2.37. The summed E-state index contributed by atoms with van der Waals surface area (Å²) in [5.74, 6) is 2.34. The minimum absolute atomic E-state index is 0.377. The summed E-state index contributed by atoms with van der Waals surface area (Å²) in [4.78, 5) is 2.33. The van der Waals surface area contributed by atoms with Crippen LogP contribution in [0.15, 0.2) is 95.5 Å². The normalized spacial score (nSPS) is 18.9. The lowest BCUT2D eigenvalue weighted by molar-refractivity contribution is 1.17. The molecular weight excluding hydrogens is 321 g/mol. The summed E-state index contributed by atoms with van der Waals surface area (Å²) in [6, 6.07) is 11.1. The van der Waals surface area contributed by atoms with E-state index in [1.165, 1.54) is 43.9 Å². The van der Waals surface area contributed by atoms with Crippen molar-refractivity contribution in [3.63, 3.8) is 0 Å². The van der Waals surface area contributed by atoms with Crippen molar-refractivity contribution in [2.75, 3.05) is 4.90 Å². The molecule has 0 amide bonds. The average Bonchev–Trinajstić information content (AvgIpc) is 3.17. The van der Waals surface area contributed by atoms with Gasteiger partial charge in [0.25, 0.3) is 0 Å². The van der Waals surface area contributed by atoms with Crippen molar-refractivity contribution in [1.29, 1.82) is 0 Å². The van der Waals surface area contributed by atoms with Crippen molar-refractivity contribution in [2.24, 2.45) is 0 Å². The van der Waals surface area contributed by atoms with E-state index in [0.717, 1.165) is 0 Å². The predicted octanol–water partition coefficient (Wildman–Crippen LogP) is 4.74. The van der Waals surface area contributed by atoms with Gasteiger partial charge in [-0.3, -0.25) is 0 Å². The fourth-order valence-electron chi connectivity index (χ4n) is 4.36. The van der Waals surface area contributed by atoms with Crippen LogP contribution >= 0.6 is 11.3 Å². The van der Waals surface area contributed by atoms with Crippen molar-refractivity contribution in [2.45, 2.75) is 0 Å². The molecule has 4 aliphatic rings. The van der Waals surface area contributed by atoms with Gasteiger partial charge in [-0.15, -0.1) is 5.98 Å². The Morgan fingerprint density at radius 1 is 0.840 bits per heavy atom. The Kier molecular flexibility index (Phi) is 2.63. The monoisotopic (exact) mass is 335 g/mol. The van der Waals surface area contributed by atoms with E-state index in [4.69, 9.17) is 0 Å². The third kappa shape index (κ3) is 1.69. The van der Waals surface area contributed by atoms with Crippen LogP contribution in [-0.4, -0.2) is 6.71 Å². The van der Waals surface area contributed by atoms with Gasteiger partial charge in [0.1, 0.15) is 0 Å². The molecule has 4 aliphatic heterocycles. The highest BCUT2D eigenvalue weighted by Gasteiger charge is 2.38. The van der Waals surface area contributed by atoms with E-state index in [-0.39, 0.29) is 0 Å². The van der Waals surface area contributed by atoms with Gasteiger partial charge in [-0.2, -0.15) is 11.3 Å². The van der Waals surface area contributed by atoms with Gasteiger partial charge in [0.2, 0.25) is 6.71 Å². The summed E-state index contributed by atoms with van der Waals surface area (Å²) >= 11 is 1.87. The largest absolute Gasteiger partial charge is 0.316 e. The van der Waals surface area contributed by atoms with Gasteiger partial charge in [0.15, 0.2) is 0 Å². The molecule has 2 aromatic rings. The summed E-state index contributed by atoms with van der Waals surface area (Å²) in [6.07, 6.45) is 15.3. The maximum Gasteiger partial charge on any atom is 0.248 e. The number of hydrogen-bond acceptors (Lipinski definition) is 2. The van der Waals surface area contributed by atoms with Gasteiger partial charge >= 0.3 is 0 Å². The van der Waals surface area contributed by atoms with E-state index >= 15 is 0 Å². The summed E-state index contributed by atoms with van der Waals surface area (Å²) in [6.45, 7) is 0.377. The predicted molar refractivity (Wildman–Crippen MR) is 109 cm³/mol. The first-order valence-electron chi connectivity index (χ1n) is 8.58. The Morgan fingerprint density at radius 2 is 1.76 bits per heavy atom. The van der Waals surface area contributed by atoms with E-state index in [2.05, 4.69) is 89.2 Å². The zero-order chi connectivity index (χ0) is 16.4. The van der Waals surface area contributed by atoms with Crippen LogP contribution in [0.4, 0.5) is 5.69 Å². The van der Waals surface area contributed by atoms with Crippen LogP contribution in [0.5, 0.6) is 0 Å². The highest BCUT2D eigenvalue weighted by atomic mass is 32.1. The zero-order valence-corrected chi connectivity index (χ0v) is 14.3. The third-order valence-electron chi connectivity index (χ3n) is 5.36. The standard InChI is InChI=1S/C22H14BNS/c1-2-9-18-15(7-1)20-17-8-3-5-12-23(17)22-16(11-14-25-22)21(20)19-10-4-6-13-24(18)19/h1-14H. The highest BCUT2D eigenvalue weighted by molar-refractivity contribution is 7.24. The van der Waals surface area contributed by atoms with Gasteiger partial charge < -0.3 is 4.90 Å². The van der Waals surface area contributed by atoms with Crippen molar-refractivity contribution < 1.29 is 0 Å². The molecule has 116 valence electrons. The molecule has 3 heteroatoms. The SMILES string of the molecule is C1=CB2C(=C3C(=C4C=CC=CN4c4ccccc43)c3ccsc32)C=C1. The third-order valence-corrected chi connectivity index (χ3v) is 6.36. The first-order valence-corrected chi connectivity index (χ1v) is 9.46. The Labute approximate surface area is 151 Å². The van der Waals surface area contributed by atoms with Crippen molar-refractivity contribution in [3.8, 4) is 0 Å². The van der Waals surface area contributed by atoms with Crippen LogP contribution in [0.1, 0.15) is 11.1 Å². The summed E-state index contributed by atoms with van der Waals surface area (Å²) in [5.41, 5.74) is 9.48. The van der Waals surface area contributed by atoms with E-state index in [1.54, 1.807) is 0 Å². The van der Waals surface area contributed by atoms with E-state index < -0.39 is 0 Å². The second-order valence-corrected chi connectivity index (χ2v) is 7.55. The minimum Gasteiger partial charge on any atom is -0.316 e. The number of fused-ring (bicyclic) bond motifs is 9. The number of hydrogen-bond donors (Lipinski definition) is 0. The van der Waals surface area contributed by atoms with Crippen molar-refractivity contribution in [3.05, 3.63) is 107 Å². The lowest BCUT2D eigenvalue weighted by Gasteiger charge is -2.38. The Bertz CT molecular complexity index is 1110. The van der Waals surface area contributed by atoms with Gasteiger partial charge in [0, 0.05) is 17.3 Å². The average molecular weight is 335 g/mol. The Hall–Kier alpha value is -2.78. The molecule has 0 radical (unpaired) electrons. The Balaban J connectivity index is 1.79. The summed E-state index contributed by atoms with van der Waals surface area (Å²) < 4.78 is 1.46. The topological polar surface area (TPSA) is 3.24 Å². The second-order valence-electron chi connectivity index (χ2n) is 6.60. The minimum atomic E-state index is 0.377. The van der Waals surface area contributed by atoms with Crippen LogP contribution < -0.4 is 9.68 Å². The van der Waals surface area contributed by atoms with Gasteiger partial charge in [-0.25, -0.2) is 0 Å². The fraction of sp³-hybridized carbons (Fsp3) is 0. The molecule has 25 heavy (non-hydrogen) atoms. The number of para-hydroxylation sites is 1. The molecule has 1 aromatic carbocycles. The molecule has 0 unspecified atom stereocenters. The summed E-state index contributed by atoms with van der Waals surface area (Å²) in [5, 5.41) is 2.23. The number of benzene rings is 1. The molecule has 0 saturated carbocycles. The van der Waals surface area contributed by atoms with Crippen LogP contribution in [0, 0.1) is 0 Å². The molecule has 5 heterocycles. The smallest absolute Gasteiger partial charge is 0.248 e. The maximum absolute atomic E-state index is 2.34. The zero-order valence-electron chi connectivity index (χ0n) is 13.5. The molecule has 0 aliphatic carbocycles. The molecule has 0 fully saturated rings. The molecule has 1 aromatic heterocycles. The van der Waals surface area contributed by atoms with Gasteiger partial charge in [0.05, 0.1) is 11.4 Å². The van der Waals surface area contributed by atoms with Crippen LogP contribution in [0.25, 0.3) is 11.1 Å². The molecule has 6 rings (SSSR count). The van der Waals surface area contributed by atoms with Crippen LogP contribution in [0.2, 0.25) is 0 Å². The molecule has 0 saturated heterocycles. The van der Waals surface area contributed by atoms with Gasteiger partial charge in [-0.1, -0.05) is 48.0 Å². The number of rotatable bonds is 0. The molecule has 0 atom stereocenters. The molecule has 1 nitrogen and oxygen atoms in total. The highest BCUT2D eigenvalue weighted by Crippen LogP contribution is 2.50. The number of allylic oxidation sites excluding steroid dienone is 9. The first kappa shape index (κ1) is 13.5. The van der Waals surface area contributed by atoms with Crippen LogP contribution in [-0.2, 0) is 0 Å². The van der Waals surface area contributed by atoms with Crippen molar-refractivity contribution in [1.82, 2.24) is 0 Å². The molecule has 0 spiro atoms. The van der Waals surface area contributed by atoms with Crippen LogP contribution in [0.3, 0.4) is 0 Å². The maximum atomic E-state index is 2.34. The second kappa shape index (κ2) is 4.87. The van der Waals surface area contributed by atoms with Crippen molar-refractivity contribution >= 4 is 39.7 Å².